The van der Waals surface area contributed by atoms with E-state index in [0.717, 1.165) is 61.8 Å². The number of aromatic nitrogens is 1. The molecule has 9 heteroatoms. The van der Waals surface area contributed by atoms with Gasteiger partial charge in [0, 0.05) is 41.8 Å². The number of aliphatic carboxylic acids is 2. The second kappa shape index (κ2) is 11.2. The van der Waals surface area contributed by atoms with Crippen LogP contribution in [0.4, 0.5) is 5.82 Å². The maximum absolute atomic E-state index is 10.0. The molecule has 4 rings (SSSR count). The number of fused-ring (bicyclic) bond motifs is 1. The van der Waals surface area contributed by atoms with Crippen molar-refractivity contribution in [3.63, 3.8) is 0 Å². The molecule has 0 spiro atoms. The summed E-state index contributed by atoms with van der Waals surface area (Å²) in [5.74, 6) is -2.54. The minimum Gasteiger partial charge on any atom is -0.473 e. The molecule has 3 aromatic rings. The Balaban J connectivity index is 0.000000454. The number of likely N-dealkylation sites (N-methyl/N-ethyl adjacent to an activating group) is 1. The van der Waals surface area contributed by atoms with Gasteiger partial charge in [-0.2, -0.15) is 0 Å². The van der Waals surface area contributed by atoms with Gasteiger partial charge in [0.05, 0.1) is 11.8 Å². The van der Waals surface area contributed by atoms with E-state index in [4.69, 9.17) is 24.8 Å². The van der Waals surface area contributed by atoms with E-state index in [1.165, 1.54) is 10.1 Å². The number of thiophene rings is 1. The normalized spacial score (nSPS) is 15.1. The van der Waals surface area contributed by atoms with Crippen molar-refractivity contribution in [1.29, 1.82) is 0 Å². The largest absolute Gasteiger partial charge is 0.473 e. The molecule has 0 amide bonds. The van der Waals surface area contributed by atoms with E-state index in [2.05, 4.69) is 46.4 Å². The van der Waals surface area contributed by atoms with Crippen LogP contribution < -0.4 is 4.90 Å². The van der Waals surface area contributed by atoms with Gasteiger partial charge >= 0.3 is 11.9 Å². The Kier molecular flexibility index (Phi) is 8.37. The van der Waals surface area contributed by atoms with Crippen LogP contribution >= 0.6 is 11.3 Å². The number of carboxylic acids is 2. The number of aliphatic hydroxyl groups is 1. The Bertz CT molecular complexity index is 1080. The Morgan fingerprint density at radius 3 is 2.21 bits per heavy atom. The highest BCUT2D eigenvalue weighted by Gasteiger charge is 2.20. The molecule has 0 saturated carbocycles. The van der Waals surface area contributed by atoms with Crippen LogP contribution in [0.25, 0.3) is 21.3 Å². The number of pyridine rings is 1. The molecule has 0 aliphatic carbocycles. The van der Waals surface area contributed by atoms with Crippen LogP contribution in [0.2, 0.25) is 0 Å². The summed E-state index contributed by atoms with van der Waals surface area (Å²) in [7, 11) is 0. The van der Waals surface area contributed by atoms with Crippen LogP contribution in [-0.2, 0) is 9.59 Å². The molecule has 33 heavy (non-hydrogen) atoms. The van der Waals surface area contributed by atoms with Crippen LogP contribution in [0.1, 0.15) is 31.9 Å². The van der Waals surface area contributed by atoms with Gasteiger partial charge in [0.15, 0.2) is 0 Å². The van der Waals surface area contributed by atoms with Crippen molar-refractivity contribution >= 4 is 39.2 Å². The van der Waals surface area contributed by atoms with Gasteiger partial charge in [-0.05, 0) is 36.0 Å². The SMILES string of the molecule is CCC(O)c1ccc(-c2cc3sccc3c(N3CCN(CC)CC3)n2)cc1.O=C(O)C(=O)O. The predicted molar refractivity (Wildman–Crippen MR) is 130 cm³/mol. The Hall–Kier alpha value is -3.01. The van der Waals surface area contributed by atoms with E-state index in [-0.39, 0.29) is 0 Å². The fourth-order valence-electron chi connectivity index (χ4n) is 3.72. The van der Waals surface area contributed by atoms with Crippen LogP contribution in [0.5, 0.6) is 0 Å². The lowest BCUT2D eigenvalue weighted by Gasteiger charge is -2.35. The number of aliphatic hydroxyl groups excluding tert-OH is 1. The van der Waals surface area contributed by atoms with E-state index >= 15 is 0 Å². The van der Waals surface area contributed by atoms with Crippen molar-refractivity contribution in [2.75, 3.05) is 37.6 Å². The number of hydrogen-bond donors (Lipinski definition) is 3. The van der Waals surface area contributed by atoms with Gasteiger partial charge in [-0.15, -0.1) is 11.3 Å². The molecule has 1 saturated heterocycles. The van der Waals surface area contributed by atoms with Gasteiger partial charge < -0.3 is 25.1 Å². The second-order valence-electron chi connectivity index (χ2n) is 7.74. The maximum atomic E-state index is 10.0. The maximum Gasteiger partial charge on any atom is 0.414 e. The Labute approximate surface area is 196 Å². The first-order valence-electron chi connectivity index (χ1n) is 10.9. The summed E-state index contributed by atoms with van der Waals surface area (Å²) in [5.41, 5.74) is 3.08. The average Bonchev–Trinajstić information content (AvgIpc) is 3.32. The van der Waals surface area contributed by atoms with Crippen molar-refractivity contribution in [3.05, 3.63) is 47.3 Å². The Morgan fingerprint density at radius 2 is 1.67 bits per heavy atom. The number of carbonyl (C=O) groups is 2. The number of benzene rings is 1. The quantitative estimate of drug-likeness (QED) is 0.483. The summed E-state index contributed by atoms with van der Waals surface area (Å²) in [6, 6.07) is 12.6. The number of anilines is 1. The molecule has 176 valence electrons. The molecule has 1 aliphatic rings. The van der Waals surface area contributed by atoms with Crippen LogP contribution in [-0.4, -0.2) is 69.9 Å². The predicted octanol–water partition coefficient (Wildman–Crippen LogP) is 3.70. The van der Waals surface area contributed by atoms with Crippen molar-refractivity contribution in [2.24, 2.45) is 0 Å². The van der Waals surface area contributed by atoms with Crippen molar-refractivity contribution in [1.82, 2.24) is 9.88 Å². The molecule has 1 fully saturated rings. The van der Waals surface area contributed by atoms with Gasteiger partial charge in [-0.1, -0.05) is 38.1 Å². The fraction of sp³-hybridized carbons (Fsp3) is 0.375. The smallest absolute Gasteiger partial charge is 0.414 e. The molecule has 8 nitrogen and oxygen atoms in total. The lowest BCUT2D eigenvalue weighted by molar-refractivity contribution is -0.159. The van der Waals surface area contributed by atoms with Gasteiger partial charge in [0.25, 0.3) is 0 Å². The summed E-state index contributed by atoms with van der Waals surface area (Å²) in [5, 5.41) is 28.2. The summed E-state index contributed by atoms with van der Waals surface area (Å²) in [4.78, 5) is 28.2. The van der Waals surface area contributed by atoms with E-state index in [9.17, 15) is 5.11 Å². The summed E-state index contributed by atoms with van der Waals surface area (Å²) in [6.07, 6.45) is 0.337. The number of carboxylic acid groups (broad SMARTS) is 2. The average molecular weight is 472 g/mol. The molecule has 1 atom stereocenters. The standard InChI is InChI=1S/C22H27N3OS.C2H2O4/c1-3-20(26)17-7-5-16(6-8-17)19-15-21-18(9-14-27-21)22(23-19)25-12-10-24(4-2)11-13-25;3-1(4)2(5)6/h5-9,14-15,20,26H,3-4,10-13H2,1-2H3;(H,3,4)(H,5,6). The minimum atomic E-state index is -1.82. The highest BCUT2D eigenvalue weighted by Crippen LogP contribution is 2.34. The first-order valence-corrected chi connectivity index (χ1v) is 11.8. The van der Waals surface area contributed by atoms with Crippen LogP contribution in [0, 0.1) is 0 Å². The van der Waals surface area contributed by atoms with Gasteiger partial charge in [0.2, 0.25) is 0 Å². The highest BCUT2D eigenvalue weighted by molar-refractivity contribution is 7.17. The molecule has 0 bridgehead atoms. The zero-order valence-corrected chi connectivity index (χ0v) is 19.6. The molecule has 1 unspecified atom stereocenters. The third-order valence-electron chi connectivity index (χ3n) is 5.71. The number of rotatable bonds is 5. The number of hydrogen-bond acceptors (Lipinski definition) is 7. The zero-order valence-electron chi connectivity index (χ0n) is 18.8. The third kappa shape index (κ3) is 6.07. The first-order chi connectivity index (χ1) is 15.8. The zero-order chi connectivity index (χ0) is 24.0. The topological polar surface area (TPSA) is 114 Å². The Morgan fingerprint density at radius 1 is 1.03 bits per heavy atom. The summed E-state index contributed by atoms with van der Waals surface area (Å²) in [6.45, 7) is 9.58. The van der Waals surface area contributed by atoms with Crippen molar-refractivity contribution < 1.29 is 24.9 Å². The van der Waals surface area contributed by atoms with Crippen molar-refractivity contribution in [3.8, 4) is 11.3 Å². The summed E-state index contributed by atoms with van der Waals surface area (Å²) >= 11 is 1.77. The fourth-order valence-corrected chi connectivity index (χ4v) is 4.54. The van der Waals surface area contributed by atoms with Gasteiger partial charge in [0.1, 0.15) is 5.82 Å². The van der Waals surface area contributed by atoms with Gasteiger partial charge in [-0.3, -0.25) is 0 Å². The summed E-state index contributed by atoms with van der Waals surface area (Å²) < 4.78 is 1.28. The molecule has 0 radical (unpaired) electrons. The van der Waals surface area contributed by atoms with Crippen LogP contribution in [0.15, 0.2) is 41.8 Å². The number of piperazine rings is 1. The van der Waals surface area contributed by atoms with E-state index in [0.29, 0.717) is 0 Å². The monoisotopic (exact) mass is 471 g/mol. The van der Waals surface area contributed by atoms with E-state index < -0.39 is 18.0 Å². The number of nitrogens with zero attached hydrogens (tertiary/aromatic N) is 3. The molecule has 3 N–H and O–H groups in total. The van der Waals surface area contributed by atoms with E-state index in [1.807, 2.05) is 19.1 Å². The third-order valence-corrected chi connectivity index (χ3v) is 6.57. The molecular weight excluding hydrogens is 442 g/mol. The molecule has 1 aromatic carbocycles. The second-order valence-corrected chi connectivity index (χ2v) is 8.69. The molecule has 1 aliphatic heterocycles. The minimum absolute atomic E-state index is 0.391. The highest BCUT2D eigenvalue weighted by atomic mass is 32.1. The van der Waals surface area contributed by atoms with Crippen molar-refractivity contribution in [2.45, 2.75) is 26.4 Å². The molecule has 2 aromatic heterocycles. The van der Waals surface area contributed by atoms with E-state index in [1.54, 1.807) is 11.3 Å². The molecular formula is C24H29N3O5S. The molecule has 3 heterocycles. The lowest BCUT2D eigenvalue weighted by Crippen LogP contribution is -2.46. The van der Waals surface area contributed by atoms with Crippen LogP contribution in [0.3, 0.4) is 0 Å². The lowest BCUT2D eigenvalue weighted by atomic mass is 10.0. The van der Waals surface area contributed by atoms with Gasteiger partial charge in [-0.25, -0.2) is 14.6 Å². The first kappa shape index (κ1) is 24.6.